The minimum atomic E-state index is -0.188. The van der Waals surface area contributed by atoms with E-state index in [1.165, 1.54) is 41.7 Å². The van der Waals surface area contributed by atoms with Crippen LogP contribution in [-0.2, 0) is 12.8 Å². The van der Waals surface area contributed by atoms with Gasteiger partial charge in [0.2, 0.25) is 0 Å². The molecule has 0 aliphatic carbocycles. The van der Waals surface area contributed by atoms with Crippen molar-refractivity contribution in [3.05, 3.63) is 70.5 Å². The maximum atomic E-state index is 13.0. The minimum Gasteiger partial charge on any atom is -0.207 e. The van der Waals surface area contributed by atoms with Crippen molar-refractivity contribution in [3.8, 4) is 0 Å². The first-order chi connectivity index (χ1) is 10.7. The summed E-state index contributed by atoms with van der Waals surface area (Å²) in [5, 5.41) is 0. The molecule has 0 nitrogen and oxygen atoms in total. The summed E-state index contributed by atoms with van der Waals surface area (Å²) in [6.45, 7) is 4.44. The highest BCUT2D eigenvalue weighted by molar-refractivity contribution is 5.73. The molecule has 0 aliphatic heterocycles. The second-order valence-corrected chi connectivity index (χ2v) is 5.73. The predicted molar refractivity (Wildman–Crippen MR) is 94.4 cm³/mol. The number of unbranched alkanes of at least 4 members (excludes halogenated alkanes) is 1. The zero-order chi connectivity index (χ0) is 15.8. The van der Waals surface area contributed by atoms with Gasteiger partial charge in [-0.1, -0.05) is 69.2 Å². The smallest absolute Gasteiger partial charge is 0.123 e. The maximum Gasteiger partial charge on any atom is 0.123 e. The molecule has 0 N–H and O–H groups in total. The predicted octanol–water partition coefficient (Wildman–Crippen LogP) is 6.29. The van der Waals surface area contributed by atoms with Gasteiger partial charge < -0.3 is 0 Å². The lowest BCUT2D eigenvalue weighted by atomic mass is 9.94. The fourth-order valence-electron chi connectivity index (χ4n) is 2.71. The highest BCUT2D eigenvalue weighted by atomic mass is 19.1. The van der Waals surface area contributed by atoms with Crippen LogP contribution in [0.25, 0.3) is 12.2 Å². The van der Waals surface area contributed by atoms with Crippen molar-refractivity contribution in [1.29, 1.82) is 0 Å². The Kier molecular flexibility index (Phi) is 6.39. The molecule has 116 valence electrons. The van der Waals surface area contributed by atoms with Gasteiger partial charge in [0.05, 0.1) is 0 Å². The van der Waals surface area contributed by atoms with E-state index in [1.807, 2.05) is 12.1 Å². The Morgan fingerprint density at radius 1 is 0.818 bits per heavy atom. The van der Waals surface area contributed by atoms with E-state index < -0.39 is 0 Å². The molecule has 0 bridgehead atoms. The third kappa shape index (κ3) is 4.56. The molecule has 2 aromatic carbocycles. The van der Waals surface area contributed by atoms with Crippen LogP contribution in [0.3, 0.4) is 0 Å². The van der Waals surface area contributed by atoms with Crippen molar-refractivity contribution in [1.82, 2.24) is 0 Å². The Morgan fingerprint density at radius 2 is 1.50 bits per heavy atom. The Morgan fingerprint density at radius 3 is 2.14 bits per heavy atom. The van der Waals surface area contributed by atoms with Crippen LogP contribution in [0.1, 0.15) is 55.4 Å². The average Bonchev–Trinajstić information content (AvgIpc) is 2.54. The van der Waals surface area contributed by atoms with Gasteiger partial charge in [0, 0.05) is 0 Å². The summed E-state index contributed by atoms with van der Waals surface area (Å²) in [6.07, 6.45) is 10.1. The van der Waals surface area contributed by atoms with E-state index in [1.54, 1.807) is 0 Å². The molecule has 0 amide bonds. The lowest BCUT2D eigenvalue weighted by molar-refractivity contribution is 0.628. The van der Waals surface area contributed by atoms with Crippen molar-refractivity contribution >= 4 is 12.2 Å². The normalized spacial score (nSPS) is 11.2. The number of benzene rings is 2. The van der Waals surface area contributed by atoms with E-state index in [0.717, 1.165) is 24.8 Å². The quantitative estimate of drug-likeness (QED) is 0.527. The van der Waals surface area contributed by atoms with E-state index in [2.05, 4.69) is 44.2 Å². The van der Waals surface area contributed by atoms with Crippen molar-refractivity contribution in [2.75, 3.05) is 0 Å². The number of halogens is 1. The Hall–Kier alpha value is -1.89. The number of hydrogen-bond acceptors (Lipinski definition) is 0. The average molecular weight is 296 g/mol. The van der Waals surface area contributed by atoms with E-state index >= 15 is 0 Å². The molecule has 22 heavy (non-hydrogen) atoms. The fraction of sp³-hybridized carbons (Fsp3) is 0.333. The molecule has 0 fully saturated rings. The zero-order valence-corrected chi connectivity index (χ0v) is 13.6. The van der Waals surface area contributed by atoms with E-state index in [-0.39, 0.29) is 5.82 Å². The molecule has 2 aromatic rings. The standard InChI is InChI=1S/C21H25F/c1-3-5-8-19-10-6-9-18(7-4-2)21(19)16-13-17-11-14-20(22)15-12-17/h6,9-16H,3-5,7-8H2,1-2H3/b16-13+. The van der Waals surface area contributed by atoms with Gasteiger partial charge >= 0.3 is 0 Å². The molecule has 0 heterocycles. The summed E-state index contributed by atoms with van der Waals surface area (Å²) in [6, 6.07) is 13.3. The van der Waals surface area contributed by atoms with Crippen LogP contribution >= 0.6 is 0 Å². The van der Waals surface area contributed by atoms with Gasteiger partial charge in [-0.3, -0.25) is 0 Å². The molecule has 0 radical (unpaired) electrons. The largest absolute Gasteiger partial charge is 0.207 e. The van der Waals surface area contributed by atoms with E-state index in [0.29, 0.717) is 0 Å². The maximum absolute atomic E-state index is 13.0. The van der Waals surface area contributed by atoms with Crippen LogP contribution in [0, 0.1) is 5.82 Å². The van der Waals surface area contributed by atoms with Gasteiger partial charge in [0.25, 0.3) is 0 Å². The molecule has 0 unspecified atom stereocenters. The zero-order valence-electron chi connectivity index (χ0n) is 13.6. The lowest BCUT2D eigenvalue weighted by Gasteiger charge is -2.11. The van der Waals surface area contributed by atoms with Gasteiger partial charge in [0.1, 0.15) is 5.82 Å². The Bertz CT molecular complexity index is 608. The molecular formula is C21H25F. The highest BCUT2D eigenvalue weighted by Gasteiger charge is 2.05. The first kappa shape index (κ1) is 16.5. The Labute approximate surface area is 133 Å². The van der Waals surface area contributed by atoms with Gasteiger partial charge in [-0.15, -0.1) is 0 Å². The number of rotatable bonds is 7. The summed E-state index contributed by atoms with van der Waals surface area (Å²) in [4.78, 5) is 0. The number of hydrogen-bond donors (Lipinski definition) is 0. The van der Waals surface area contributed by atoms with Crippen LogP contribution in [0.5, 0.6) is 0 Å². The van der Waals surface area contributed by atoms with Gasteiger partial charge in [-0.25, -0.2) is 4.39 Å². The van der Waals surface area contributed by atoms with Crippen LogP contribution in [0.4, 0.5) is 4.39 Å². The van der Waals surface area contributed by atoms with Gasteiger partial charge in [-0.2, -0.15) is 0 Å². The highest BCUT2D eigenvalue weighted by Crippen LogP contribution is 2.22. The van der Waals surface area contributed by atoms with Gasteiger partial charge in [-0.05, 0) is 53.6 Å². The van der Waals surface area contributed by atoms with Crippen molar-refractivity contribution < 1.29 is 4.39 Å². The third-order valence-electron chi connectivity index (χ3n) is 3.92. The molecule has 2 rings (SSSR count). The minimum absolute atomic E-state index is 0.188. The molecule has 0 aliphatic rings. The molecular weight excluding hydrogens is 271 g/mol. The molecule has 0 saturated carbocycles. The SMILES string of the molecule is CCCCc1cccc(CCC)c1/C=C/c1ccc(F)cc1. The molecule has 0 saturated heterocycles. The van der Waals surface area contributed by atoms with Gasteiger partial charge in [0.15, 0.2) is 0 Å². The van der Waals surface area contributed by atoms with Crippen molar-refractivity contribution in [3.63, 3.8) is 0 Å². The second-order valence-electron chi connectivity index (χ2n) is 5.73. The summed E-state index contributed by atoms with van der Waals surface area (Å²) >= 11 is 0. The topological polar surface area (TPSA) is 0 Å². The van der Waals surface area contributed by atoms with Crippen molar-refractivity contribution in [2.45, 2.75) is 46.0 Å². The third-order valence-corrected chi connectivity index (χ3v) is 3.92. The number of aryl methyl sites for hydroxylation is 2. The molecule has 0 spiro atoms. The first-order valence-electron chi connectivity index (χ1n) is 8.29. The summed E-state index contributed by atoms with van der Waals surface area (Å²) in [7, 11) is 0. The van der Waals surface area contributed by atoms with Crippen LogP contribution in [0.15, 0.2) is 42.5 Å². The molecule has 0 atom stereocenters. The summed E-state index contributed by atoms with van der Waals surface area (Å²) < 4.78 is 13.0. The van der Waals surface area contributed by atoms with Crippen LogP contribution < -0.4 is 0 Å². The van der Waals surface area contributed by atoms with Crippen LogP contribution in [-0.4, -0.2) is 0 Å². The molecule has 0 aromatic heterocycles. The first-order valence-corrected chi connectivity index (χ1v) is 8.29. The summed E-state index contributed by atoms with van der Waals surface area (Å²) in [5.41, 5.74) is 5.22. The monoisotopic (exact) mass is 296 g/mol. The van der Waals surface area contributed by atoms with E-state index in [9.17, 15) is 4.39 Å². The second kappa shape index (κ2) is 8.53. The lowest BCUT2D eigenvalue weighted by Crippen LogP contribution is -1.96. The van der Waals surface area contributed by atoms with Crippen molar-refractivity contribution in [2.24, 2.45) is 0 Å². The molecule has 1 heteroatoms. The Balaban J connectivity index is 2.31. The summed E-state index contributed by atoms with van der Waals surface area (Å²) in [5.74, 6) is -0.188. The van der Waals surface area contributed by atoms with Crippen LogP contribution in [0.2, 0.25) is 0 Å². The van der Waals surface area contributed by atoms with E-state index in [4.69, 9.17) is 0 Å². The fourth-order valence-corrected chi connectivity index (χ4v) is 2.71.